The molecule has 0 aliphatic heterocycles. The lowest BCUT2D eigenvalue weighted by Gasteiger charge is -2.26. The molecule has 26 heavy (non-hydrogen) atoms. The van der Waals surface area contributed by atoms with Crippen molar-refractivity contribution < 1.29 is 9.59 Å². The summed E-state index contributed by atoms with van der Waals surface area (Å²) in [5.41, 5.74) is 2.75. The highest BCUT2D eigenvalue weighted by Gasteiger charge is 2.19. The molecule has 0 radical (unpaired) electrons. The summed E-state index contributed by atoms with van der Waals surface area (Å²) < 4.78 is 0. The predicted octanol–water partition coefficient (Wildman–Crippen LogP) is 4.75. The number of anilines is 1. The predicted molar refractivity (Wildman–Crippen MR) is 107 cm³/mol. The molecule has 138 valence electrons. The highest BCUT2D eigenvalue weighted by atomic mass is 16.2. The van der Waals surface area contributed by atoms with Crippen LogP contribution in [0.5, 0.6) is 0 Å². The summed E-state index contributed by atoms with van der Waals surface area (Å²) in [6, 6.07) is 14.7. The Morgan fingerprint density at radius 2 is 1.65 bits per heavy atom. The van der Waals surface area contributed by atoms with Crippen molar-refractivity contribution in [2.45, 2.75) is 40.2 Å². The molecular weight excluding hydrogens is 324 g/mol. The van der Waals surface area contributed by atoms with Crippen molar-refractivity contribution in [2.24, 2.45) is 5.92 Å². The number of nitrogens with one attached hydrogen (secondary N) is 1. The van der Waals surface area contributed by atoms with Crippen molar-refractivity contribution in [1.82, 2.24) is 4.90 Å². The van der Waals surface area contributed by atoms with Crippen molar-refractivity contribution in [3.63, 3.8) is 0 Å². The van der Waals surface area contributed by atoms with Gasteiger partial charge >= 0.3 is 0 Å². The number of carbonyl (C=O) groups is 2. The van der Waals surface area contributed by atoms with Crippen molar-refractivity contribution in [1.29, 1.82) is 0 Å². The third-order valence-electron chi connectivity index (χ3n) is 4.56. The average molecular weight is 352 g/mol. The zero-order valence-corrected chi connectivity index (χ0v) is 16.2. The van der Waals surface area contributed by atoms with Gasteiger partial charge in [0.15, 0.2) is 0 Å². The fourth-order valence-electron chi connectivity index (χ4n) is 2.92. The lowest BCUT2D eigenvalue weighted by molar-refractivity contribution is 0.0728. The number of amides is 2. The van der Waals surface area contributed by atoms with Gasteiger partial charge in [-0.05, 0) is 56.0 Å². The van der Waals surface area contributed by atoms with E-state index in [-0.39, 0.29) is 17.9 Å². The molecule has 0 aromatic heterocycles. The van der Waals surface area contributed by atoms with Crippen LogP contribution in [0.1, 0.15) is 53.5 Å². The number of rotatable bonds is 6. The molecule has 2 aromatic rings. The van der Waals surface area contributed by atoms with Gasteiger partial charge in [0, 0.05) is 29.9 Å². The van der Waals surface area contributed by atoms with Crippen molar-refractivity contribution in [2.75, 3.05) is 12.4 Å². The second-order valence-corrected chi connectivity index (χ2v) is 7.24. The van der Waals surface area contributed by atoms with Crippen LogP contribution in [0.15, 0.2) is 48.5 Å². The lowest BCUT2D eigenvalue weighted by atomic mass is 10.0. The fourth-order valence-corrected chi connectivity index (χ4v) is 2.92. The number of carbonyl (C=O) groups excluding carboxylic acids is 2. The van der Waals surface area contributed by atoms with E-state index in [4.69, 9.17) is 0 Å². The molecule has 0 heterocycles. The minimum atomic E-state index is -0.181. The fraction of sp³-hybridized carbons (Fsp3) is 0.364. The molecule has 1 N–H and O–H groups in total. The zero-order chi connectivity index (χ0) is 19.3. The lowest BCUT2D eigenvalue weighted by Crippen LogP contribution is -2.36. The van der Waals surface area contributed by atoms with E-state index in [1.165, 1.54) is 0 Å². The van der Waals surface area contributed by atoms with Gasteiger partial charge in [-0.3, -0.25) is 9.59 Å². The van der Waals surface area contributed by atoms with Crippen LogP contribution in [0.4, 0.5) is 5.69 Å². The maximum atomic E-state index is 12.8. The molecule has 0 bridgehead atoms. The Morgan fingerprint density at radius 3 is 2.27 bits per heavy atom. The van der Waals surface area contributed by atoms with Gasteiger partial charge in [0.1, 0.15) is 0 Å². The molecule has 0 saturated heterocycles. The molecule has 0 aliphatic carbocycles. The molecule has 0 aliphatic rings. The highest BCUT2D eigenvalue weighted by molar-refractivity contribution is 6.05. The largest absolute Gasteiger partial charge is 0.339 e. The summed E-state index contributed by atoms with van der Waals surface area (Å²) in [4.78, 5) is 27.0. The molecule has 2 rings (SSSR count). The van der Waals surface area contributed by atoms with Crippen LogP contribution >= 0.6 is 0 Å². The number of hydrogen-bond acceptors (Lipinski definition) is 2. The molecule has 0 saturated carbocycles. The topological polar surface area (TPSA) is 49.4 Å². The number of aryl methyl sites for hydroxylation is 1. The zero-order valence-electron chi connectivity index (χ0n) is 16.2. The van der Waals surface area contributed by atoms with Crippen molar-refractivity contribution in [3.8, 4) is 0 Å². The molecular formula is C22H28N2O2. The molecule has 2 amide bonds. The Bertz CT molecular complexity index is 769. The SMILES string of the molecule is Cc1ccc(C(=O)N(C)C(C)CC(C)C)cc1NC(=O)c1ccccc1. The summed E-state index contributed by atoms with van der Waals surface area (Å²) in [7, 11) is 1.83. The molecule has 1 unspecified atom stereocenters. The molecule has 4 nitrogen and oxygen atoms in total. The Kier molecular flexibility index (Phi) is 6.56. The second kappa shape index (κ2) is 8.65. The van der Waals surface area contributed by atoms with E-state index in [9.17, 15) is 9.59 Å². The maximum absolute atomic E-state index is 12.8. The van der Waals surface area contributed by atoms with E-state index < -0.39 is 0 Å². The summed E-state index contributed by atoms with van der Waals surface area (Å²) in [5.74, 6) is 0.312. The van der Waals surface area contributed by atoms with E-state index in [1.54, 1.807) is 23.1 Å². The van der Waals surface area contributed by atoms with Gasteiger partial charge in [-0.1, -0.05) is 38.1 Å². The minimum absolute atomic E-state index is 0.0339. The Balaban J connectivity index is 2.18. The Morgan fingerprint density at radius 1 is 1.00 bits per heavy atom. The Labute approximate surface area is 156 Å². The molecule has 0 spiro atoms. The monoisotopic (exact) mass is 352 g/mol. The summed E-state index contributed by atoms with van der Waals surface area (Å²) in [6.07, 6.45) is 0.950. The standard InChI is InChI=1S/C22H28N2O2/c1-15(2)13-17(4)24(5)22(26)19-12-11-16(3)20(14-19)23-21(25)18-9-7-6-8-10-18/h6-12,14-15,17H,13H2,1-5H3,(H,23,25). The highest BCUT2D eigenvalue weighted by Crippen LogP contribution is 2.20. The molecule has 0 fully saturated rings. The van der Waals surface area contributed by atoms with Gasteiger partial charge in [0.2, 0.25) is 0 Å². The number of benzene rings is 2. The second-order valence-electron chi connectivity index (χ2n) is 7.24. The van der Waals surface area contributed by atoms with Gasteiger partial charge in [-0.2, -0.15) is 0 Å². The number of nitrogens with zero attached hydrogens (tertiary/aromatic N) is 1. The average Bonchev–Trinajstić information content (AvgIpc) is 2.62. The summed E-state index contributed by atoms with van der Waals surface area (Å²) in [6.45, 7) is 8.28. The minimum Gasteiger partial charge on any atom is -0.339 e. The molecule has 4 heteroatoms. The first-order valence-corrected chi connectivity index (χ1v) is 9.03. The number of hydrogen-bond donors (Lipinski definition) is 1. The summed E-state index contributed by atoms with van der Waals surface area (Å²) >= 11 is 0. The van der Waals surface area contributed by atoms with Crippen LogP contribution in [0.25, 0.3) is 0 Å². The first-order chi connectivity index (χ1) is 12.3. The third-order valence-corrected chi connectivity index (χ3v) is 4.56. The third kappa shape index (κ3) is 4.94. The van der Waals surface area contributed by atoms with Gasteiger partial charge in [-0.25, -0.2) is 0 Å². The van der Waals surface area contributed by atoms with E-state index in [0.29, 0.717) is 22.7 Å². The smallest absolute Gasteiger partial charge is 0.255 e. The quantitative estimate of drug-likeness (QED) is 0.815. The van der Waals surface area contributed by atoms with Gasteiger partial charge in [0.05, 0.1) is 0 Å². The van der Waals surface area contributed by atoms with E-state index in [0.717, 1.165) is 12.0 Å². The van der Waals surface area contributed by atoms with Gasteiger partial charge in [0.25, 0.3) is 11.8 Å². The van der Waals surface area contributed by atoms with Crippen LogP contribution in [0.2, 0.25) is 0 Å². The summed E-state index contributed by atoms with van der Waals surface area (Å²) in [5, 5.41) is 2.91. The maximum Gasteiger partial charge on any atom is 0.255 e. The molecule has 2 aromatic carbocycles. The van der Waals surface area contributed by atoms with Crippen molar-refractivity contribution >= 4 is 17.5 Å². The molecule has 1 atom stereocenters. The van der Waals surface area contributed by atoms with E-state index >= 15 is 0 Å². The van der Waals surface area contributed by atoms with E-state index in [2.05, 4.69) is 26.1 Å². The Hall–Kier alpha value is -2.62. The first-order valence-electron chi connectivity index (χ1n) is 9.03. The van der Waals surface area contributed by atoms with Gasteiger partial charge in [-0.15, -0.1) is 0 Å². The first kappa shape index (κ1) is 19.7. The van der Waals surface area contributed by atoms with Crippen LogP contribution in [0, 0.1) is 12.8 Å². The van der Waals surface area contributed by atoms with Crippen LogP contribution in [0.3, 0.4) is 0 Å². The van der Waals surface area contributed by atoms with E-state index in [1.807, 2.05) is 44.3 Å². The normalized spacial score (nSPS) is 11.9. The van der Waals surface area contributed by atoms with Crippen LogP contribution < -0.4 is 5.32 Å². The van der Waals surface area contributed by atoms with Crippen LogP contribution in [-0.2, 0) is 0 Å². The van der Waals surface area contributed by atoms with Crippen molar-refractivity contribution in [3.05, 3.63) is 65.2 Å². The van der Waals surface area contributed by atoms with Gasteiger partial charge < -0.3 is 10.2 Å². The van der Waals surface area contributed by atoms with Crippen LogP contribution in [-0.4, -0.2) is 29.8 Å².